The summed E-state index contributed by atoms with van der Waals surface area (Å²) in [4.78, 5) is 26.1. The zero-order valence-corrected chi connectivity index (χ0v) is 13.0. The van der Waals surface area contributed by atoms with Gasteiger partial charge in [-0.15, -0.1) is 0 Å². The molecule has 0 bridgehead atoms. The van der Waals surface area contributed by atoms with E-state index < -0.39 is 21.7 Å². The molecule has 0 spiro atoms. The summed E-state index contributed by atoms with van der Waals surface area (Å²) >= 11 is 5.80. The highest BCUT2D eigenvalue weighted by Gasteiger charge is 2.16. The van der Waals surface area contributed by atoms with Gasteiger partial charge in [-0.3, -0.25) is 20.4 Å². The van der Waals surface area contributed by atoms with Crippen LogP contribution in [0, 0.1) is 0 Å². The van der Waals surface area contributed by atoms with Crippen LogP contribution in [-0.4, -0.2) is 31.5 Å². The number of benzene rings is 1. The third-order valence-electron chi connectivity index (χ3n) is 2.73. The Morgan fingerprint density at radius 2 is 1.82 bits per heavy atom. The summed E-state index contributed by atoms with van der Waals surface area (Å²) in [5, 5.41) is 0.0227. The summed E-state index contributed by atoms with van der Waals surface area (Å²) in [7, 11) is -3.56. The summed E-state index contributed by atoms with van der Waals surface area (Å²) in [5.41, 5.74) is 4.72. The first-order chi connectivity index (χ1) is 10.3. The van der Waals surface area contributed by atoms with Gasteiger partial charge in [0.1, 0.15) is 5.69 Å². The molecule has 3 N–H and O–H groups in total. The fraction of sp³-hybridized carbons (Fsp3) is 0.0769. The molecule has 1 aromatic heterocycles. The minimum atomic E-state index is -3.56. The van der Waals surface area contributed by atoms with Crippen molar-refractivity contribution in [2.45, 2.75) is 4.90 Å². The zero-order valence-electron chi connectivity index (χ0n) is 11.4. The number of hydrazine groups is 1. The maximum atomic E-state index is 11.9. The van der Waals surface area contributed by atoms with Crippen molar-refractivity contribution < 1.29 is 18.0 Å². The molecule has 9 heteroatoms. The molecule has 0 saturated carbocycles. The van der Waals surface area contributed by atoms with E-state index in [4.69, 9.17) is 11.6 Å². The second-order valence-electron chi connectivity index (χ2n) is 4.41. The molecule has 116 valence electrons. The van der Waals surface area contributed by atoms with Gasteiger partial charge in [0.2, 0.25) is 0 Å². The van der Waals surface area contributed by atoms with Crippen LogP contribution in [0.1, 0.15) is 20.8 Å². The van der Waals surface area contributed by atoms with Gasteiger partial charge in [-0.25, -0.2) is 8.42 Å². The SMILES string of the molecule is CS(=O)(=O)c1cc(C(=O)NNC(=O)c2ccc[nH]2)ccc1Cl. The number of hydrogen-bond donors (Lipinski definition) is 3. The topological polar surface area (TPSA) is 108 Å². The third kappa shape index (κ3) is 3.66. The number of H-pyrrole nitrogens is 1. The molecule has 0 aliphatic rings. The van der Waals surface area contributed by atoms with E-state index in [2.05, 4.69) is 15.8 Å². The number of halogens is 1. The van der Waals surface area contributed by atoms with Crippen LogP contribution in [0.15, 0.2) is 41.4 Å². The average Bonchev–Trinajstić information content (AvgIpc) is 2.97. The lowest BCUT2D eigenvalue weighted by molar-refractivity contribution is 0.0844. The second-order valence-corrected chi connectivity index (χ2v) is 6.80. The van der Waals surface area contributed by atoms with Gasteiger partial charge in [0.05, 0.1) is 9.92 Å². The van der Waals surface area contributed by atoms with Gasteiger partial charge >= 0.3 is 0 Å². The molecule has 1 aromatic carbocycles. The predicted molar refractivity (Wildman–Crippen MR) is 80.3 cm³/mol. The average molecular weight is 342 g/mol. The molecule has 0 unspecified atom stereocenters. The van der Waals surface area contributed by atoms with Crippen molar-refractivity contribution in [1.82, 2.24) is 15.8 Å². The number of carbonyl (C=O) groups excluding carboxylic acids is 2. The van der Waals surface area contributed by atoms with Crippen molar-refractivity contribution in [3.63, 3.8) is 0 Å². The Morgan fingerprint density at radius 3 is 2.41 bits per heavy atom. The fourth-order valence-electron chi connectivity index (χ4n) is 1.65. The highest BCUT2D eigenvalue weighted by Crippen LogP contribution is 2.22. The number of hydrogen-bond acceptors (Lipinski definition) is 4. The molecule has 2 aromatic rings. The van der Waals surface area contributed by atoms with Crippen molar-refractivity contribution in [1.29, 1.82) is 0 Å². The highest BCUT2D eigenvalue weighted by atomic mass is 35.5. The predicted octanol–water partition coefficient (Wildman–Crippen LogP) is 1.15. The summed E-state index contributed by atoms with van der Waals surface area (Å²) in [6.07, 6.45) is 2.55. The number of rotatable bonds is 3. The zero-order chi connectivity index (χ0) is 16.3. The van der Waals surface area contributed by atoms with Crippen LogP contribution in [0.3, 0.4) is 0 Å². The molecule has 1 heterocycles. The number of nitrogens with one attached hydrogen (secondary N) is 3. The Morgan fingerprint density at radius 1 is 1.14 bits per heavy atom. The molecular weight excluding hydrogens is 330 g/mol. The lowest BCUT2D eigenvalue weighted by Gasteiger charge is -2.08. The highest BCUT2D eigenvalue weighted by molar-refractivity contribution is 7.90. The molecular formula is C13H12ClN3O4S. The summed E-state index contributed by atoms with van der Waals surface area (Å²) < 4.78 is 23.1. The first-order valence-electron chi connectivity index (χ1n) is 6.02. The molecule has 0 atom stereocenters. The van der Waals surface area contributed by atoms with Crippen molar-refractivity contribution in [2.24, 2.45) is 0 Å². The maximum Gasteiger partial charge on any atom is 0.286 e. The number of amides is 2. The number of aromatic amines is 1. The molecule has 22 heavy (non-hydrogen) atoms. The van der Waals surface area contributed by atoms with Gasteiger partial charge in [0.15, 0.2) is 9.84 Å². The third-order valence-corrected chi connectivity index (χ3v) is 4.30. The van der Waals surface area contributed by atoms with E-state index in [0.29, 0.717) is 0 Å². The number of sulfone groups is 1. The molecule has 0 aliphatic carbocycles. The Bertz CT molecular complexity index is 816. The molecule has 0 radical (unpaired) electrons. The van der Waals surface area contributed by atoms with Crippen LogP contribution in [0.5, 0.6) is 0 Å². The van der Waals surface area contributed by atoms with Gasteiger partial charge < -0.3 is 4.98 Å². The largest absolute Gasteiger partial charge is 0.357 e. The van der Waals surface area contributed by atoms with E-state index >= 15 is 0 Å². The smallest absolute Gasteiger partial charge is 0.286 e. The number of aromatic nitrogens is 1. The summed E-state index contributed by atoms with van der Waals surface area (Å²) in [5.74, 6) is -1.20. The summed E-state index contributed by atoms with van der Waals surface area (Å²) in [6, 6.07) is 6.97. The van der Waals surface area contributed by atoms with Crippen LogP contribution in [0.25, 0.3) is 0 Å². The first-order valence-corrected chi connectivity index (χ1v) is 8.29. The minimum Gasteiger partial charge on any atom is -0.357 e. The fourth-order valence-corrected chi connectivity index (χ4v) is 2.95. The van der Waals surface area contributed by atoms with Crippen LogP contribution in [0.4, 0.5) is 0 Å². The van der Waals surface area contributed by atoms with E-state index in [0.717, 1.165) is 12.3 Å². The van der Waals surface area contributed by atoms with Gasteiger partial charge in [0.25, 0.3) is 11.8 Å². The van der Waals surface area contributed by atoms with E-state index in [9.17, 15) is 18.0 Å². The first kappa shape index (κ1) is 16.1. The van der Waals surface area contributed by atoms with E-state index in [1.54, 1.807) is 12.3 Å². The van der Waals surface area contributed by atoms with Crippen molar-refractivity contribution in [3.05, 3.63) is 52.8 Å². The van der Waals surface area contributed by atoms with Crippen molar-refractivity contribution >= 4 is 33.3 Å². The lowest BCUT2D eigenvalue weighted by atomic mass is 10.2. The van der Waals surface area contributed by atoms with Crippen LogP contribution < -0.4 is 10.9 Å². The molecule has 0 saturated heterocycles. The van der Waals surface area contributed by atoms with E-state index in [1.807, 2.05) is 0 Å². The van der Waals surface area contributed by atoms with Gasteiger partial charge in [0, 0.05) is 18.0 Å². The van der Waals surface area contributed by atoms with Gasteiger partial charge in [-0.2, -0.15) is 0 Å². The summed E-state index contributed by atoms with van der Waals surface area (Å²) in [6.45, 7) is 0. The molecule has 0 aliphatic heterocycles. The van der Waals surface area contributed by atoms with E-state index in [1.165, 1.54) is 18.2 Å². The van der Waals surface area contributed by atoms with Gasteiger partial charge in [-0.1, -0.05) is 11.6 Å². The maximum absolute atomic E-state index is 11.9. The van der Waals surface area contributed by atoms with Crippen molar-refractivity contribution in [3.8, 4) is 0 Å². The Kier molecular flexibility index (Phi) is 4.53. The van der Waals surface area contributed by atoms with Crippen LogP contribution >= 0.6 is 11.6 Å². The minimum absolute atomic E-state index is 0.0227. The Hall–Kier alpha value is -2.32. The normalized spacial score (nSPS) is 11.0. The number of carbonyl (C=O) groups is 2. The van der Waals surface area contributed by atoms with Crippen LogP contribution in [-0.2, 0) is 9.84 Å². The standard InChI is InChI=1S/C13H12ClN3O4S/c1-22(20,21)11-7-8(4-5-9(11)14)12(18)16-17-13(19)10-3-2-6-15-10/h2-7,15H,1H3,(H,16,18)(H,17,19). The Labute approximate surface area is 131 Å². The van der Waals surface area contributed by atoms with Crippen molar-refractivity contribution in [2.75, 3.05) is 6.26 Å². The van der Waals surface area contributed by atoms with E-state index in [-0.39, 0.29) is 21.2 Å². The molecule has 7 nitrogen and oxygen atoms in total. The second kappa shape index (κ2) is 6.20. The van der Waals surface area contributed by atoms with Gasteiger partial charge in [-0.05, 0) is 30.3 Å². The monoisotopic (exact) mass is 341 g/mol. The lowest BCUT2D eigenvalue weighted by Crippen LogP contribution is -2.41. The molecule has 2 rings (SSSR count). The quantitative estimate of drug-likeness (QED) is 0.727. The van der Waals surface area contributed by atoms with Crippen LogP contribution in [0.2, 0.25) is 5.02 Å². The molecule has 0 fully saturated rings. The Balaban J connectivity index is 2.12. The molecule has 2 amide bonds.